The normalized spacial score (nSPS) is 14.8. The van der Waals surface area contributed by atoms with Crippen molar-refractivity contribution < 1.29 is 9.53 Å². The van der Waals surface area contributed by atoms with E-state index in [1.54, 1.807) is 6.08 Å². The third-order valence-corrected chi connectivity index (χ3v) is 2.54. The molecule has 0 aromatic carbocycles. The molecule has 0 atom stereocenters. The van der Waals surface area contributed by atoms with E-state index in [4.69, 9.17) is 0 Å². The summed E-state index contributed by atoms with van der Waals surface area (Å²) in [5.74, 6) is -0.363. The molecular formula is C12H14N2O2. The summed E-state index contributed by atoms with van der Waals surface area (Å²) in [6.07, 6.45) is 4.06. The fraction of sp³-hybridized carbons (Fsp3) is 0.333. The molecule has 0 fully saturated rings. The van der Waals surface area contributed by atoms with Gasteiger partial charge in [0.25, 0.3) is 0 Å². The standard InChI is InChI=1S/C12H14N2O2/c1-16-12(15)5-4-10-3-2-9-6-7-13-8-11(9)14-10/h2-5,13H,6-8H2,1H3/b5-4+. The number of esters is 1. The first-order chi connectivity index (χ1) is 7.79. The number of hydrogen-bond acceptors (Lipinski definition) is 4. The van der Waals surface area contributed by atoms with Gasteiger partial charge < -0.3 is 10.1 Å². The van der Waals surface area contributed by atoms with Crippen molar-refractivity contribution in [3.8, 4) is 0 Å². The number of ether oxygens (including phenoxy) is 1. The van der Waals surface area contributed by atoms with Gasteiger partial charge in [-0.2, -0.15) is 0 Å². The summed E-state index contributed by atoms with van der Waals surface area (Å²) in [6, 6.07) is 3.99. The predicted octanol–water partition coefficient (Wildman–Crippen LogP) is 0.913. The number of hydrogen-bond donors (Lipinski definition) is 1. The minimum absolute atomic E-state index is 0.363. The number of nitrogens with zero attached hydrogens (tertiary/aromatic N) is 1. The lowest BCUT2D eigenvalue weighted by Crippen LogP contribution is -2.24. The molecule has 0 unspecified atom stereocenters. The van der Waals surface area contributed by atoms with Crippen molar-refractivity contribution in [2.75, 3.05) is 13.7 Å². The van der Waals surface area contributed by atoms with Crippen LogP contribution in [0.2, 0.25) is 0 Å². The average Bonchev–Trinajstić information content (AvgIpc) is 2.35. The third kappa shape index (κ3) is 2.46. The first-order valence-corrected chi connectivity index (χ1v) is 5.25. The topological polar surface area (TPSA) is 51.2 Å². The second-order valence-corrected chi connectivity index (χ2v) is 3.63. The Labute approximate surface area is 94.3 Å². The smallest absolute Gasteiger partial charge is 0.330 e. The second kappa shape index (κ2) is 4.90. The summed E-state index contributed by atoms with van der Waals surface area (Å²) in [7, 11) is 1.36. The van der Waals surface area contributed by atoms with E-state index < -0.39 is 0 Å². The van der Waals surface area contributed by atoms with Gasteiger partial charge in [-0.25, -0.2) is 4.79 Å². The molecule has 2 heterocycles. The van der Waals surface area contributed by atoms with Gasteiger partial charge in [-0.1, -0.05) is 6.07 Å². The molecule has 2 rings (SSSR count). The summed E-state index contributed by atoms with van der Waals surface area (Å²) in [6.45, 7) is 1.81. The van der Waals surface area contributed by atoms with Crippen molar-refractivity contribution in [1.82, 2.24) is 10.3 Å². The van der Waals surface area contributed by atoms with E-state index in [1.807, 2.05) is 6.07 Å². The summed E-state index contributed by atoms with van der Waals surface area (Å²) >= 11 is 0. The van der Waals surface area contributed by atoms with Crippen LogP contribution in [0.15, 0.2) is 18.2 Å². The predicted molar refractivity (Wildman–Crippen MR) is 60.7 cm³/mol. The Morgan fingerprint density at radius 2 is 2.44 bits per heavy atom. The fourth-order valence-corrected chi connectivity index (χ4v) is 1.67. The van der Waals surface area contributed by atoms with E-state index in [0.717, 1.165) is 30.9 Å². The minimum atomic E-state index is -0.363. The zero-order chi connectivity index (χ0) is 11.4. The van der Waals surface area contributed by atoms with E-state index in [2.05, 4.69) is 21.1 Å². The molecule has 4 heteroatoms. The first-order valence-electron chi connectivity index (χ1n) is 5.25. The zero-order valence-corrected chi connectivity index (χ0v) is 9.19. The van der Waals surface area contributed by atoms with Gasteiger partial charge in [0, 0.05) is 12.6 Å². The van der Waals surface area contributed by atoms with E-state index >= 15 is 0 Å². The lowest BCUT2D eigenvalue weighted by Gasteiger charge is -2.15. The highest BCUT2D eigenvalue weighted by molar-refractivity contribution is 5.86. The van der Waals surface area contributed by atoms with E-state index in [9.17, 15) is 4.79 Å². The number of carbonyl (C=O) groups is 1. The Kier molecular flexibility index (Phi) is 3.31. The number of fused-ring (bicyclic) bond motifs is 1. The van der Waals surface area contributed by atoms with E-state index in [-0.39, 0.29) is 5.97 Å². The SMILES string of the molecule is COC(=O)/C=C/c1ccc2c(n1)CNCC2. The molecular weight excluding hydrogens is 204 g/mol. The molecule has 0 amide bonds. The maximum absolute atomic E-state index is 10.9. The molecule has 1 aromatic rings. The van der Waals surface area contributed by atoms with Gasteiger partial charge in [0.15, 0.2) is 0 Å². The molecule has 4 nitrogen and oxygen atoms in total. The fourth-order valence-electron chi connectivity index (χ4n) is 1.67. The largest absolute Gasteiger partial charge is 0.466 e. The van der Waals surface area contributed by atoms with Gasteiger partial charge in [0.05, 0.1) is 18.5 Å². The lowest BCUT2D eigenvalue weighted by molar-refractivity contribution is -0.134. The van der Waals surface area contributed by atoms with Crippen LogP contribution in [0.25, 0.3) is 6.08 Å². The maximum atomic E-state index is 10.9. The summed E-state index contributed by atoms with van der Waals surface area (Å²) in [5.41, 5.74) is 3.14. The van der Waals surface area contributed by atoms with Crippen molar-refractivity contribution in [3.63, 3.8) is 0 Å². The van der Waals surface area contributed by atoms with E-state index in [1.165, 1.54) is 18.7 Å². The zero-order valence-electron chi connectivity index (χ0n) is 9.19. The minimum Gasteiger partial charge on any atom is -0.466 e. The quantitative estimate of drug-likeness (QED) is 0.592. The molecule has 16 heavy (non-hydrogen) atoms. The highest BCUT2D eigenvalue weighted by Crippen LogP contribution is 2.12. The highest BCUT2D eigenvalue weighted by atomic mass is 16.5. The van der Waals surface area contributed by atoms with Crippen LogP contribution >= 0.6 is 0 Å². The van der Waals surface area contributed by atoms with Gasteiger partial charge in [-0.3, -0.25) is 4.98 Å². The van der Waals surface area contributed by atoms with Crippen LogP contribution in [0.5, 0.6) is 0 Å². The maximum Gasteiger partial charge on any atom is 0.330 e. The van der Waals surface area contributed by atoms with Gasteiger partial charge >= 0.3 is 5.97 Å². The summed E-state index contributed by atoms with van der Waals surface area (Å²) < 4.78 is 4.52. The van der Waals surface area contributed by atoms with Gasteiger partial charge in [-0.15, -0.1) is 0 Å². The van der Waals surface area contributed by atoms with Gasteiger partial charge in [0.2, 0.25) is 0 Å². The Balaban J connectivity index is 2.17. The van der Waals surface area contributed by atoms with Crippen LogP contribution in [-0.4, -0.2) is 24.6 Å². The van der Waals surface area contributed by atoms with Gasteiger partial charge in [-0.05, 0) is 30.7 Å². The van der Waals surface area contributed by atoms with Crippen LogP contribution in [0.1, 0.15) is 17.0 Å². The van der Waals surface area contributed by atoms with Crippen molar-refractivity contribution in [2.24, 2.45) is 0 Å². The van der Waals surface area contributed by atoms with Crippen LogP contribution in [0.3, 0.4) is 0 Å². The molecule has 1 N–H and O–H groups in total. The number of methoxy groups -OCH3 is 1. The number of rotatable bonds is 2. The molecule has 0 radical (unpaired) electrons. The highest BCUT2D eigenvalue weighted by Gasteiger charge is 2.09. The molecule has 0 spiro atoms. The Bertz CT molecular complexity index is 427. The number of pyridine rings is 1. The van der Waals surface area contributed by atoms with Crippen LogP contribution < -0.4 is 5.32 Å². The molecule has 0 aliphatic carbocycles. The first kappa shape index (κ1) is 10.8. The molecule has 1 aliphatic rings. The Hall–Kier alpha value is -1.68. The molecule has 0 saturated carbocycles. The van der Waals surface area contributed by atoms with Crippen molar-refractivity contribution >= 4 is 12.0 Å². The van der Waals surface area contributed by atoms with Crippen molar-refractivity contribution in [1.29, 1.82) is 0 Å². The third-order valence-electron chi connectivity index (χ3n) is 2.54. The molecule has 1 aromatic heterocycles. The summed E-state index contributed by atoms with van der Waals surface area (Å²) in [5, 5.41) is 3.27. The van der Waals surface area contributed by atoms with Crippen LogP contribution in [0, 0.1) is 0 Å². The van der Waals surface area contributed by atoms with Crippen molar-refractivity contribution in [2.45, 2.75) is 13.0 Å². The summed E-state index contributed by atoms with van der Waals surface area (Å²) in [4.78, 5) is 15.4. The molecule has 0 saturated heterocycles. The number of nitrogens with one attached hydrogen (secondary N) is 1. The van der Waals surface area contributed by atoms with Gasteiger partial charge in [0.1, 0.15) is 0 Å². The van der Waals surface area contributed by atoms with Crippen LogP contribution in [0.4, 0.5) is 0 Å². The lowest BCUT2D eigenvalue weighted by atomic mass is 10.1. The average molecular weight is 218 g/mol. The number of carbonyl (C=O) groups excluding carboxylic acids is 1. The van der Waals surface area contributed by atoms with Crippen molar-refractivity contribution in [3.05, 3.63) is 35.2 Å². The van der Waals surface area contributed by atoms with Crippen LogP contribution in [-0.2, 0) is 22.5 Å². The Morgan fingerprint density at radius 3 is 3.25 bits per heavy atom. The number of aromatic nitrogens is 1. The molecule has 1 aliphatic heterocycles. The molecule has 0 bridgehead atoms. The van der Waals surface area contributed by atoms with E-state index in [0.29, 0.717) is 0 Å². The molecule has 84 valence electrons. The Morgan fingerprint density at radius 1 is 1.56 bits per heavy atom. The monoisotopic (exact) mass is 218 g/mol. The second-order valence-electron chi connectivity index (χ2n) is 3.63.